The molecule has 0 aliphatic rings. The van der Waals surface area contributed by atoms with Crippen LogP contribution < -0.4 is 11.1 Å². The largest absolute Gasteiger partial charge is 0.397 e. The first-order valence-corrected chi connectivity index (χ1v) is 7.56. The second-order valence-electron chi connectivity index (χ2n) is 3.42. The number of anilines is 2. The van der Waals surface area contributed by atoms with Crippen LogP contribution in [0.3, 0.4) is 0 Å². The van der Waals surface area contributed by atoms with Crippen molar-refractivity contribution in [1.82, 2.24) is 0 Å². The zero-order valence-corrected chi connectivity index (χ0v) is 13.6. The molecule has 0 saturated carbocycles. The molecule has 1 amide bonds. The van der Waals surface area contributed by atoms with E-state index in [2.05, 4.69) is 37.2 Å². The van der Waals surface area contributed by atoms with Crippen molar-refractivity contribution in [2.24, 2.45) is 0 Å². The van der Waals surface area contributed by atoms with Crippen LogP contribution in [0.1, 0.15) is 9.67 Å². The quantitative estimate of drug-likeness (QED) is 0.702. The maximum Gasteiger partial charge on any atom is 0.265 e. The van der Waals surface area contributed by atoms with Crippen LogP contribution in [0, 0.1) is 0 Å². The van der Waals surface area contributed by atoms with Crippen molar-refractivity contribution in [2.45, 2.75) is 0 Å². The van der Waals surface area contributed by atoms with Gasteiger partial charge in [0.15, 0.2) is 0 Å². The summed E-state index contributed by atoms with van der Waals surface area (Å²) in [6.45, 7) is 0. The monoisotopic (exact) mass is 408 g/mol. The number of carbonyl (C=O) groups excluding carboxylic acids is 1. The highest BCUT2D eigenvalue weighted by Gasteiger charge is 2.13. The van der Waals surface area contributed by atoms with Crippen molar-refractivity contribution < 1.29 is 4.79 Å². The lowest BCUT2D eigenvalue weighted by Crippen LogP contribution is -2.11. The van der Waals surface area contributed by atoms with Crippen LogP contribution >= 0.6 is 54.8 Å². The molecule has 0 aliphatic heterocycles. The van der Waals surface area contributed by atoms with E-state index in [1.165, 1.54) is 11.3 Å². The highest BCUT2D eigenvalue weighted by atomic mass is 79.9. The highest BCUT2D eigenvalue weighted by Crippen LogP contribution is 2.33. The average molecular weight is 411 g/mol. The molecule has 3 nitrogen and oxygen atoms in total. The van der Waals surface area contributed by atoms with Gasteiger partial charge in [-0.15, -0.1) is 11.3 Å². The molecule has 0 radical (unpaired) electrons. The fourth-order valence-electron chi connectivity index (χ4n) is 1.28. The van der Waals surface area contributed by atoms with Crippen molar-refractivity contribution in [1.29, 1.82) is 0 Å². The Labute approximate surface area is 130 Å². The van der Waals surface area contributed by atoms with Gasteiger partial charge in [0.1, 0.15) is 0 Å². The first-order valence-electron chi connectivity index (χ1n) is 4.78. The van der Waals surface area contributed by atoms with Crippen LogP contribution in [0.4, 0.5) is 11.4 Å². The van der Waals surface area contributed by atoms with E-state index in [9.17, 15) is 4.79 Å². The zero-order valence-electron chi connectivity index (χ0n) is 8.84. The summed E-state index contributed by atoms with van der Waals surface area (Å²) in [5.74, 6) is -0.222. The lowest BCUT2D eigenvalue weighted by atomic mass is 10.2. The number of nitrogen functional groups attached to an aromatic ring is 1. The maximum atomic E-state index is 12.0. The number of carbonyl (C=O) groups is 1. The molecule has 0 fully saturated rings. The van der Waals surface area contributed by atoms with E-state index in [0.717, 1.165) is 8.26 Å². The van der Waals surface area contributed by atoms with Crippen molar-refractivity contribution in [2.75, 3.05) is 11.1 Å². The molecule has 94 valence electrons. The number of thiophene rings is 1. The lowest BCUT2D eigenvalue weighted by Gasteiger charge is -2.07. The van der Waals surface area contributed by atoms with E-state index >= 15 is 0 Å². The fraction of sp³-hybridized carbons (Fsp3) is 0. The Morgan fingerprint density at radius 1 is 1.33 bits per heavy atom. The molecular weight excluding hydrogens is 403 g/mol. The van der Waals surface area contributed by atoms with Crippen LogP contribution in [0.2, 0.25) is 5.02 Å². The van der Waals surface area contributed by atoms with Gasteiger partial charge >= 0.3 is 0 Å². The second-order valence-corrected chi connectivity index (χ2v) is 7.08. The predicted molar refractivity (Wildman–Crippen MR) is 83.5 cm³/mol. The van der Waals surface area contributed by atoms with E-state index in [1.54, 1.807) is 24.3 Å². The topological polar surface area (TPSA) is 55.1 Å². The highest BCUT2D eigenvalue weighted by molar-refractivity contribution is 9.13. The van der Waals surface area contributed by atoms with E-state index in [0.29, 0.717) is 21.3 Å². The number of halogens is 3. The summed E-state index contributed by atoms with van der Waals surface area (Å²) in [4.78, 5) is 12.6. The molecule has 1 aromatic heterocycles. The average Bonchev–Trinajstić information content (AvgIpc) is 2.64. The molecule has 2 aromatic rings. The van der Waals surface area contributed by atoms with Gasteiger partial charge < -0.3 is 11.1 Å². The van der Waals surface area contributed by atoms with Crippen molar-refractivity contribution in [3.63, 3.8) is 0 Å². The van der Waals surface area contributed by atoms with Crippen LogP contribution in [-0.2, 0) is 0 Å². The molecule has 0 aliphatic carbocycles. The third-order valence-electron chi connectivity index (χ3n) is 2.13. The van der Waals surface area contributed by atoms with Gasteiger partial charge in [0.05, 0.1) is 20.0 Å². The van der Waals surface area contributed by atoms with Gasteiger partial charge in [-0.3, -0.25) is 4.79 Å². The summed E-state index contributed by atoms with van der Waals surface area (Å²) < 4.78 is 1.71. The molecule has 3 N–H and O–H groups in total. The standard InChI is InChI=1S/C11H7Br2ClN2OS/c12-6-4-9(18-10(6)13)11(17)16-8-3-5(14)1-2-7(8)15/h1-4H,15H2,(H,16,17). The summed E-state index contributed by atoms with van der Waals surface area (Å²) in [6, 6.07) is 6.68. The van der Waals surface area contributed by atoms with Gasteiger partial charge in [-0.25, -0.2) is 0 Å². The maximum absolute atomic E-state index is 12.0. The Bertz CT molecular complexity index is 596. The Morgan fingerprint density at radius 3 is 2.67 bits per heavy atom. The SMILES string of the molecule is Nc1ccc(Cl)cc1NC(=O)c1cc(Br)c(Br)s1. The lowest BCUT2D eigenvalue weighted by molar-refractivity contribution is 0.103. The van der Waals surface area contributed by atoms with Crippen LogP contribution in [0.25, 0.3) is 0 Å². The molecule has 2 rings (SSSR count). The van der Waals surface area contributed by atoms with Crippen LogP contribution in [0.15, 0.2) is 32.5 Å². The third kappa shape index (κ3) is 3.06. The first kappa shape index (κ1) is 13.9. The van der Waals surface area contributed by atoms with Crippen LogP contribution in [0.5, 0.6) is 0 Å². The molecule has 0 spiro atoms. The minimum atomic E-state index is -0.222. The van der Waals surface area contributed by atoms with Crippen molar-refractivity contribution in [3.8, 4) is 0 Å². The predicted octanol–water partition coefficient (Wildman–Crippen LogP) is 4.76. The summed E-state index contributed by atoms with van der Waals surface area (Å²) in [5.41, 5.74) is 6.74. The zero-order chi connectivity index (χ0) is 13.3. The van der Waals surface area contributed by atoms with Gasteiger partial charge in [0, 0.05) is 9.50 Å². The molecule has 0 saturated heterocycles. The van der Waals surface area contributed by atoms with Gasteiger partial charge in [0.2, 0.25) is 0 Å². The van der Waals surface area contributed by atoms with E-state index < -0.39 is 0 Å². The molecule has 1 aromatic carbocycles. The molecule has 18 heavy (non-hydrogen) atoms. The molecule has 0 bridgehead atoms. The smallest absolute Gasteiger partial charge is 0.265 e. The normalized spacial score (nSPS) is 10.4. The second kappa shape index (κ2) is 5.61. The van der Waals surface area contributed by atoms with Crippen molar-refractivity contribution in [3.05, 3.63) is 42.4 Å². The fourth-order valence-corrected chi connectivity index (χ4v) is 3.38. The molecule has 7 heteroatoms. The molecule has 0 unspecified atom stereocenters. The molecule has 1 heterocycles. The number of benzene rings is 1. The Hall–Kier alpha value is -0.560. The number of amides is 1. The van der Waals surface area contributed by atoms with Crippen LogP contribution in [-0.4, -0.2) is 5.91 Å². The summed E-state index contributed by atoms with van der Waals surface area (Å²) in [6.07, 6.45) is 0. The van der Waals surface area contributed by atoms with Crippen molar-refractivity contribution >= 4 is 72.1 Å². The van der Waals surface area contributed by atoms with Gasteiger partial charge in [0.25, 0.3) is 5.91 Å². The first-order chi connectivity index (χ1) is 8.47. The Kier molecular flexibility index (Phi) is 4.32. The third-order valence-corrected chi connectivity index (χ3v) is 5.62. The Morgan fingerprint density at radius 2 is 2.06 bits per heavy atom. The summed E-state index contributed by atoms with van der Waals surface area (Å²) in [7, 11) is 0. The van der Waals surface area contributed by atoms with Gasteiger partial charge in [-0.2, -0.15) is 0 Å². The number of hydrogen-bond donors (Lipinski definition) is 2. The Balaban J connectivity index is 2.23. The van der Waals surface area contributed by atoms with Gasteiger partial charge in [-0.05, 0) is 56.1 Å². The van der Waals surface area contributed by atoms with E-state index in [-0.39, 0.29) is 5.91 Å². The summed E-state index contributed by atoms with van der Waals surface area (Å²) in [5, 5.41) is 3.25. The summed E-state index contributed by atoms with van der Waals surface area (Å²) >= 11 is 13.9. The number of hydrogen-bond acceptors (Lipinski definition) is 3. The van der Waals surface area contributed by atoms with Gasteiger partial charge in [-0.1, -0.05) is 11.6 Å². The number of nitrogens with one attached hydrogen (secondary N) is 1. The molecule has 0 atom stereocenters. The minimum Gasteiger partial charge on any atom is -0.397 e. The number of rotatable bonds is 2. The van der Waals surface area contributed by atoms with E-state index in [1.807, 2.05) is 0 Å². The van der Waals surface area contributed by atoms with E-state index in [4.69, 9.17) is 17.3 Å². The number of nitrogens with two attached hydrogens (primary N) is 1. The molecular formula is C11H7Br2ClN2OS. The minimum absolute atomic E-state index is 0.222.